The van der Waals surface area contributed by atoms with E-state index in [1.54, 1.807) is 13.8 Å². The molecule has 1 atom stereocenters. The third-order valence-electron chi connectivity index (χ3n) is 2.22. The van der Waals surface area contributed by atoms with Crippen LogP contribution in [0.5, 0.6) is 0 Å². The van der Waals surface area contributed by atoms with Crippen LogP contribution in [0.25, 0.3) is 0 Å². The lowest BCUT2D eigenvalue weighted by Crippen LogP contribution is -2.20. The zero-order valence-corrected chi connectivity index (χ0v) is 8.95. The minimum Gasteiger partial charge on any atom is -0.379 e. The van der Waals surface area contributed by atoms with Crippen molar-refractivity contribution in [3.8, 4) is 0 Å². The maximum absolute atomic E-state index is 12.2. The van der Waals surface area contributed by atoms with Crippen LogP contribution in [0.4, 0.5) is 13.2 Å². The summed E-state index contributed by atoms with van der Waals surface area (Å²) in [6, 6.07) is 2.68. The average molecular weight is 239 g/mol. The van der Waals surface area contributed by atoms with Gasteiger partial charge in [0.15, 0.2) is 6.10 Å². The van der Waals surface area contributed by atoms with Crippen LogP contribution in [0, 0.1) is 13.8 Å². The number of alkyl halides is 3. The first-order valence-corrected chi connectivity index (χ1v) is 4.62. The van der Waals surface area contributed by atoms with Gasteiger partial charge >= 0.3 is 6.18 Å². The van der Waals surface area contributed by atoms with Crippen molar-refractivity contribution in [3.63, 3.8) is 0 Å². The molecule has 1 aromatic rings. The van der Waals surface area contributed by atoms with Crippen LogP contribution in [0.15, 0.2) is 12.1 Å². The predicted molar refractivity (Wildman–Crippen MR) is 51.9 cm³/mol. The second kappa shape index (κ2) is 4.02. The fourth-order valence-corrected chi connectivity index (χ4v) is 1.51. The lowest BCUT2D eigenvalue weighted by atomic mass is 10.0. The van der Waals surface area contributed by atoms with Crippen molar-refractivity contribution in [2.45, 2.75) is 26.1 Å². The zero-order valence-electron chi connectivity index (χ0n) is 8.19. The molecule has 1 N–H and O–H groups in total. The highest BCUT2D eigenvalue weighted by Gasteiger charge is 2.40. The van der Waals surface area contributed by atoms with Gasteiger partial charge < -0.3 is 5.11 Å². The van der Waals surface area contributed by atoms with Gasteiger partial charge in [0.05, 0.1) is 0 Å². The van der Waals surface area contributed by atoms with Gasteiger partial charge in [-0.1, -0.05) is 17.7 Å². The van der Waals surface area contributed by atoms with E-state index in [1.165, 1.54) is 12.1 Å². The van der Waals surface area contributed by atoms with E-state index in [9.17, 15) is 13.2 Å². The number of hydrogen-bond acceptors (Lipinski definition) is 1. The van der Waals surface area contributed by atoms with Gasteiger partial charge in [-0.15, -0.1) is 0 Å². The van der Waals surface area contributed by atoms with Crippen molar-refractivity contribution in [2.75, 3.05) is 0 Å². The molecule has 0 bridgehead atoms. The van der Waals surface area contributed by atoms with Crippen molar-refractivity contribution >= 4 is 11.6 Å². The molecule has 0 saturated heterocycles. The molecule has 0 heterocycles. The van der Waals surface area contributed by atoms with Gasteiger partial charge in [0.2, 0.25) is 0 Å². The van der Waals surface area contributed by atoms with Crippen molar-refractivity contribution in [3.05, 3.63) is 33.8 Å². The van der Waals surface area contributed by atoms with Gasteiger partial charge in [0, 0.05) is 10.6 Å². The quantitative estimate of drug-likeness (QED) is 0.793. The molecule has 1 rings (SSSR count). The first-order valence-electron chi connectivity index (χ1n) is 4.25. The minimum atomic E-state index is -4.69. The van der Waals surface area contributed by atoms with Crippen LogP contribution in [-0.4, -0.2) is 11.3 Å². The molecule has 1 nitrogen and oxygen atoms in total. The summed E-state index contributed by atoms with van der Waals surface area (Å²) < 4.78 is 36.7. The first kappa shape index (κ1) is 12.3. The van der Waals surface area contributed by atoms with Gasteiger partial charge in [0.1, 0.15) is 0 Å². The number of aliphatic hydroxyl groups excluding tert-OH is 1. The van der Waals surface area contributed by atoms with Crippen LogP contribution in [0.1, 0.15) is 22.8 Å². The van der Waals surface area contributed by atoms with Crippen molar-refractivity contribution < 1.29 is 18.3 Å². The Balaban J connectivity index is 3.21. The van der Waals surface area contributed by atoms with Gasteiger partial charge in [-0.05, 0) is 31.0 Å². The molecule has 0 radical (unpaired) electrons. The summed E-state index contributed by atoms with van der Waals surface area (Å²) in [4.78, 5) is 0. The molecule has 0 aliphatic carbocycles. The molecule has 0 aliphatic rings. The van der Waals surface area contributed by atoms with E-state index in [4.69, 9.17) is 16.7 Å². The van der Waals surface area contributed by atoms with Crippen LogP contribution in [0.2, 0.25) is 5.02 Å². The van der Waals surface area contributed by atoms with Crippen LogP contribution in [0.3, 0.4) is 0 Å². The third kappa shape index (κ3) is 2.63. The Labute approximate surface area is 90.5 Å². The Morgan fingerprint density at radius 1 is 1.20 bits per heavy atom. The second-order valence-corrected chi connectivity index (χ2v) is 3.81. The van der Waals surface area contributed by atoms with E-state index in [-0.39, 0.29) is 10.6 Å². The monoisotopic (exact) mass is 238 g/mol. The first-order chi connectivity index (χ1) is 6.73. The summed E-state index contributed by atoms with van der Waals surface area (Å²) in [5.74, 6) is 0. The van der Waals surface area contributed by atoms with E-state index >= 15 is 0 Å². The van der Waals surface area contributed by atoms with Gasteiger partial charge in [-0.25, -0.2) is 0 Å². The summed E-state index contributed by atoms with van der Waals surface area (Å²) in [5, 5.41) is 8.98. The summed E-state index contributed by atoms with van der Waals surface area (Å²) in [6.07, 6.45) is -7.21. The smallest absolute Gasteiger partial charge is 0.379 e. The molecular weight excluding hydrogens is 229 g/mol. The Kier molecular flexibility index (Phi) is 3.31. The molecule has 0 saturated carbocycles. The Morgan fingerprint density at radius 2 is 1.67 bits per heavy atom. The topological polar surface area (TPSA) is 20.2 Å². The number of halogens is 4. The highest BCUT2D eigenvalue weighted by Crippen LogP contribution is 2.36. The van der Waals surface area contributed by atoms with E-state index < -0.39 is 12.3 Å². The molecular formula is C10H10ClF3O. The van der Waals surface area contributed by atoms with E-state index in [1.807, 2.05) is 0 Å². The SMILES string of the molecule is Cc1cc(Cl)c(C(O)C(F)(F)F)cc1C. The lowest BCUT2D eigenvalue weighted by Gasteiger charge is -2.17. The molecule has 84 valence electrons. The zero-order chi connectivity index (χ0) is 11.8. The lowest BCUT2D eigenvalue weighted by molar-refractivity contribution is -0.206. The van der Waals surface area contributed by atoms with Crippen molar-refractivity contribution in [1.29, 1.82) is 0 Å². The van der Waals surface area contributed by atoms with Gasteiger partial charge in [-0.2, -0.15) is 13.2 Å². The predicted octanol–water partition coefficient (Wildman–Crippen LogP) is 3.55. The standard InChI is InChI=1S/C10H10ClF3O/c1-5-3-7(8(11)4-6(5)2)9(15)10(12,13)14/h3-4,9,15H,1-2H3. The minimum absolute atomic E-state index is 0.0667. The van der Waals surface area contributed by atoms with E-state index in [0.717, 1.165) is 5.56 Å². The van der Waals surface area contributed by atoms with Gasteiger partial charge in [-0.3, -0.25) is 0 Å². The average Bonchev–Trinajstić information content (AvgIpc) is 2.08. The number of aryl methyl sites for hydroxylation is 2. The maximum atomic E-state index is 12.2. The Hall–Kier alpha value is -0.740. The van der Waals surface area contributed by atoms with Crippen LogP contribution in [-0.2, 0) is 0 Å². The highest BCUT2D eigenvalue weighted by atomic mass is 35.5. The highest BCUT2D eigenvalue weighted by molar-refractivity contribution is 6.31. The number of aliphatic hydroxyl groups is 1. The summed E-state index contributed by atoms with van der Waals surface area (Å²) in [6.45, 7) is 3.41. The molecule has 0 aromatic heterocycles. The van der Waals surface area contributed by atoms with Crippen molar-refractivity contribution in [1.82, 2.24) is 0 Å². The Bertz CT molecular complexity index is 374. The molecule has 1 aromatic carbocycles. The fraction of sp³-hybridized carbons (Fsp3) is 0.400. The van der Waals surface area contributed by atoms with E-state index in [2.05, 4.69) is 0 Å². The van der Waals surface area contributed by atoms with Crippen LogP contribution < -0.4 is 0 Å². The van der Waals surface area contributed by atoms with Crippen molar-refractivity contribution in [2.24, 2.45) is 0 Å². The number of benzene rings is 1. The third-order valence-corrected chi connectivity index (χ3v) is 2.54. The number of hydrogen-bond donors (Lipinski definition) is 1. The van der Waals surface area contributed by atoms with E-state index in [0.29, 0.717) is 5.56 Å². The summed E-state index contributed by atoms with van der Waals surface area (Å²) in [7, 11) is 0. The summed E-state index contributed by atoms with van der Waals surface area (Å²) >= 11 is 5.64. The summed E-state index contributed by atoms with van der Waals surface area (Å²) in [5.41, 5.74) is 1.16. The number of rotatable bonds is 1. The second-order valence-electron chi connectivity index (χ2n) is 3.40. The van der Waals surface area contributed by atoms with Gasteiger partial charge in [0.25, 0.3) is 0 Å². The molecule has 1 unspecified atom stereocenters. The Morgan fingerprint density at radius 3 is 2.13 bits per heavy atom. The normalized spacial score (nSPS) is 14.1. The fourth-order valence-electron chi connectivity index (χ4n) is 1.19. The molecule has 0 fully saturated rings. The molecule has 0 amide bonds. The largest absolute Gasteiger partial charge is 0.418 e. The molecule has 0 spiro atoms. The molecule has 15 heavy (non-hydrogen) atoms. The van der Waals surface area contributed by atoms with Crippen LogP contribution >= 0.6 is 11.6 Å². The molecule has 5 heteroatoms. The maximum Gasteiger partial charge on any atom is 0.418 e. The molecule has 0 aliphatic heterocycles.